The smallest absolute Gasteiger partial charge is 0.410 e. The average molecular weight is 354 g/mol. The summed E-state index contributed by atoms with van der Waals surface area (Å²) in [4.78, 5) is 13.7. The highest BCUT2D eigenvalue weighted by atomic mass is 16.6. The van der Waals surface area contributed by atoms with Crippen molar-refractivity contribution < 1.29 is 14.3 Å². The van der Waals surface area contributed by atoms with Crippen molar-refractivity contribution in [2.75, 3.05) is 25.4 Å². The van der Waals surface area contributed by atoms with Gasteiger partial charge in [0.1, 0.15) is 11.4 Å². The summed E-state index contributed by atoms with van der Waals surface area (Å²) in [5.74, 6) is 1.12. The van der Waals surface area contributed by atoms with Crippen molar-refractivity contribution in [3.05, 3.63) is 48.5 Å². The van der Waals surface area contributed by atoms with E-state index in [4.69, 9.17) is 15.2 Å². The third kappa shape index (κ3) is 4.48. The summed E-state index contributed by atoms with van der Waals surface area (Å²) in [5.41, 5.74) is 8.23. The third-order valence-electron chi connectivity index (χ3n) is 4.17. The van der Waals surface area contributed by atoms with Crippen LogP contribution in [0.5, 0.6) is 5.75 Å². The standard InChI is InChI=1S/C21H26N2O3/c1-21(2,3)26-20(24)23-12-15(13-23)14-25-19-10-9-17(22)11-18(19)16-7-5-4-6-8-16/h4-11,15H,12-14,22H2,1-3H3. The van der Waals surface area contributed by atoms with Gasteiger partial charge in [0.2, 0.25) is 0 Å². The van der Waals surface area contributed by atoms with Crippen LogP contribution in [0.1, 0.15) is 20.8 Å². The summed E-state index contributed by atoms with van der Waals surface area (Å²) >= 11 is 0. The molecule has 2 N–H and O–H groups in total. The molecule has 5 nitrogen and oxygen atoms in total. The number of nitrogen functional groups attached to an aromatic ring is 1. The Balaban J connectivity index is 1.58. The molecule has 0 spiro atoms. The van der Waals surface area contributed by atoms with Gasteiger partial charge in [-0.05, 0) is 44.5 Å². The van der Waals surface area contributed by atoms with Crippen molar-refractivity contribution in [2.45, 2.75) is 26.4 Å². The van der Waals surface area contributed by atoms with E-state index in [1.807, 2.05) is 69.3 Å². The molecule has 0 radical (unpaired) electrons. The van der Waals surface area contributed by atoms with E-state index in [2.05, 4.69) is 0 Å². The number of benzene rings is 2. The maximum Gasteiger partial charge on any atom is 0.410 e. The zero-order valence-electron chi connectivity index (χ0n) is 15.6. The van der Waals surface area contributed by atoms with Crippen LogP contribution in [0.4, 0.5) is 10.5 Å². The van der Waals surface area contributed by atoms with Gasteiger partial charge in [-0.25, -0.2) is 4.79 Å². The Morgan fingerprint density at radius 2 is 1.85 bits per heavy atom. The Kier molecular flexibility index (Phi) is 5.07. The predicted octanol–water partition coefficient (Wildman–Crippen LogP) is 4.18. The van der Waals surface area contributed by atoms with Gasteiger partial charge in [0.15, 0.2) is 0 Å². The molecule has 138 valence electrons. The number of rotatable bonds is 4. The van der Waals surface area contributed by atoms with Gasteiger partial charge in [0, 0.05) is 30.3 Å². The molecular formula is C21H26N2O3. The summed E-state index contributed by atoms with van der Waals surface area (Å²) in [6.45, 7) is 7.49. The SMILES string of the molecule is CC(C)(C)OC(=O)N1CC(COc2ccc(N)cc2-c2ccccc2)C1. The molecule has 1 heterocycles. The molecule has 26 heavy (non-hydrogen) atoms. The minimum absolute atomic E-state index is 0.258. The second-order valence-electron chi connectivity index (χ2n) is 7.68. The van der Waals surface area contributed by atoms with Crippen LogP contribution in [-0.4, -0.2) is 36.3 Å². The van der Waals surface area contributed by atoms with E-state index >= 15 is 0 Å². The lowest BCUT2D eigenvalue weighted by molar-refractivity contribution is -0.00778. The third-order valence-corrected chi connectivity index (χ3v) is 4.17. The number of hydrogen-bond donors (Lipinski definition) is 1. The van der Waals surface area contributed by atoms with Crippen LogP contribution in [0.25, 0.3) is 11.1 Å². The molecule has 1 aliphatic rings. The van der Waals surface area contributed by atoms with Crippen LogP contribution in [0.2, 0.25) is 0 Å². The molecule has 1 saturated heterocycles. The molecule has 0 aliphatic carbocycles. The van der Waals surface area contributed by atoms with Crippen LogP contribution >= 0.6 is 0 Å². The maximum atomic E-state index is 12.0. The Labute approximate surface area is 154 Å². The van der Waals surface area contributed by atoms with E-state index in [9.17, 15) is 4.79 Å². The predicted molar refractivity (Wildman–Crippen MR) is 103 cm³/mol. The molecule has 0 atom stereocenters. The fourth-order valence-electron chi connectivity index (χ4n) is 2.88. The largest absolute Gasteiger partial charge is 0.493 e. The molecule has 1 aliphatic heterocycles. The number of amides is 1. The van der Waals surface area contributed by atoms with Gasteiger partial charge < -0.3 is 20.1 Å². The molecular weight excluding hydrogens is 328 g/mol. The normalized spacial score (nSPS) is 14.7. The summed E-state index contributed by atoms with van der Waals surface area (Å²) in [7, 11) is 0. The summed E-state index contributed by atoms with van der Waals surface area (Å²) < 4.78 is 11.4. The van der Waals surface area contributed by atoms with Crippen LogP contribution < -0.4 is 10.5 Å². The molecule has 0 aromatic heterocycles. The number of ether oxygens (including phenoxy) is 2. The topological polar surface area (TPSA) is 64.8 Å². The van der Waals surface area contributed by atoms with Crippen molar-refractivity contribution in [3.8, 4) is 16.9 Å². The summed E-state index contributed by atoms with van der Waals surface area (Å²) in [6, 6.07) is 15.7. The first kappa shape index (κ1) is 18.1. The molecule has 2 aromatic carbocycles. The summed E-state index contributed by atoms with van der Waals surface area (Å²) in [5, 5.41) is 0. The Hall–Kier alpha value is -2.69. The highest BCUT2D eigenvalue weighted by molar-refractivity contribution is 5.74. The lowest BCUT2D eigenvalue weighted by atomic mass is 10.0. The van der Waals surface area contributed by atoms with E-state index in [1.54, 1.807) is 4.90 Å². The molecule has 1 fully saturated rings. The van der Waals surface area contributed by atoms with Crippen molar-refractivity contribution in [3.63, 3.8) is 0 Å². The fourth-order valence-corrected chi connectivity index (χ4v) is 2.88. The molecule has 1 amide bonds. The second-order valence-corrected chi connectivity index (χ2v) is 7.68. The number of nitrogens with two attached hydrogens (primary N) is 1. The molecule has 2 aromatic rings. The highest BCUT2D eigenvalue weighted by Crippen LogP contribution is 2.32. The first-order chi connectivity index (χ1) is 12.3. The van der Waals surface area contributed by atoms with Gasteiger partial charge in [0.05, 0.1) is 6.61 Å². The number of nitrogens with zero attached hydrogens (tertiary/aromatic N) is 1. The van der Waals surface area contributed by atoms with E-state index in [0.717, 1.165) is 16.9 Å². The van der Waals surface area contributed by atoms with E-state index in [-0.39, 0.29) is 6.09 Å². The van der Waals surface area contributed by atoms with Crippen molar-refractivity contribution in [1.29, 1.82) is 0 Å². The summed E-state index contributed by atoms with van der Waals surface area (Å²) in [6.07, 6.45) is -0.258. The first-order valence-electron chi connectivity index (χ1n) is 8.87. The van der Waals surface area contributed by atoms with Crippen molar-refractivity contribution in [2.24, 2.45) is 5.92 Å². The lowest BCUT2D eigenvalue weighted by Crippen LogP contribution is -2.53. The highest BCUT2D eigenvalue weighted by Gasteiger charge is 2.34. The molecule has 5 heteroatoms. The molecule has 0 bridgehead atoms. The Morgan fingerprint density at radius 1 is 1.15 bits per heavy atom. The van der Waals surface area contributed by atoms with Crippen LogP contribution in [0.3, 0.4) is 0 Å². The Bertz CT molecular complexity index is 763. The second kappa shape index (κ2) is 7.28. The van der Waals surface area contributed by atoms with Crippen LogP contribution in [0.15, 0.2) is 48.5 Å². The van der Waals surface area contributed by atoms with E-state index in [0.29, 0.717) is 31.3 Å². The average Bonchev–Trinajstić information content (AvgIpc) is 2.53. The fraction of sp³-hybridized carbons (Fsp3) is 0.381. The monoisotopic (exact) mass is 354 g/mol. The van der Waals surface area contributed by atoms with Crippen molar-refractivity contribution in [1.82, 2.24) is 4.90 Å². The minimum atomic E-state index is -0.465. The Morgan fingerprint density at radius 3 is 2.50 bits per heavy atom. The van der Waals surface area contributed by atoms with Gasteiger partial charge in [-0.3, -0.25) is 0 Å². The lowest BCUT2D eigenvalue weighted by Gasteiger charge is -2.39. The molecule has 0 saturated carbocycles. The molecule has 3 rings (SSSR count). The van der Waals surface area contributed by atoms with Gasteiger partial charge in [-0.2, -0.15) is 0 Å². The number of carbonyl (C=O) groups is 1. The number of carbonyl (C=O) groups excluding carboxylic acids is 1. The van der Waals surface area contributed by atoms with Gasteiger partial charge in [-0.15, -0.1) is 0 Å². The number of likely N-dealkylation sites (tertiary alicyclic amines) is 1. The van der Waals surface area contributed by atoms with Gasteiger partial charge in [0.25, 0.3) is 0 Å². The van der Waals surface area contributed by atoms with E-state index < -0.39 is 5.60 Å². The van der Waals surface area contributed by atoms with E-state index in [1.165, 1.54) is 0 Å². The number of anilines is 1. The first-order valence-corrected chi connectivity index (χ1v) is 8.87. The maximum absolute atomic E-state index is 12.0. The number of hydrogen-bond acceptors (Lipinski definition) is 4. The minimum Gasteiger partial charge on any atom is -0.493 e. The zero-order chi connectivity index (χ0) is 18.7. The van der Waals surface area contributed by atoms with Crippen LogP contribution in [-0.2, 0) is 4.74 Å². The van der Waals surface area contributed by atoms with Crippen molar-refractivity contribution >= 4 is 11.8 Å². The van der Waals surface area contributed by atoms with Crippen LogP contribution in [0, 0.1) is 5.92 Å². The molecule has 0 unspecified atom stereocenters. The van der Waals surface area contributed by atoms with Gasteiger partial charge in [-0.1, -0.05) is 30.3 Å². The van der Waals surface area contributed by atoms with Gasteiger partial charge >= 0.3 is 6.09 Å². The quantitative estimate of drug-likeness (QED) is 0.837. The zero-order valence-corrected chi connectivity index (χ0v) is 15.6.